The summed E-state index contributed by atoms with van der Waals surface area (Å²) in [5.41, 5.74) is 2.68. The average Bonchev–Trinajstić information content (AvgIpc) is 2.95. The van der Waals surface area contributed by atoms with E-state index in [4.69, 9.17) is 0 Å². The fraction of sp³-hybridized carbons (Fsp3) is 0.583. The van der Waals surface area contributed by atoms with Crippen LogP contribution in [0, 0.1) is 5.92 Å². The second-order valence-corrected chi connectivity index (χ2v) is 5.03. The molecular weight excluding hydrogens is 252 g/mol. The van der Waals surface area contributed by atoms with Crippen molar-refractivity contribution in [2.24, 2.45) is 5.92 Å². The summed E-state index contributed by atoms with van der Waals surface area (Å²) in [7, 11) is 0. The minimum Gasteiger partial charge on any atom is -0.328 e. The number of aromatic nitrogens is 2. The number of allylic oxidation sites excluding steroid dienone is 1. The van der Waals surface area contributed by atoms with Gasteiger partial charge in [0.25, 0.3) is 0 Å². The molecule has 2 rings (SSSR count). The van der Waals surface area contributed by atoms with Gasteiger partial charge in [-0.1, -0.05) is 35.4 Å². The van der Waals surface area contributed by atoms with Gasteiger partial charge in [0.1, 0.15) is 0 Å². The van der Waals surface area contributed by atoms with E-state index in [0.29, 0.717) is 12.0 Å². The van der Waals surface area contributed by atoms with Gasteiger partial charge in [-0.25, -0.2) is 4.98 Å². The zero-order valence-electron chi connectivity index (χ0n) is 9.28. The molecule has 0 aliphatic heterocycles. The minimum atomic E-state index is 0.590. The average molecular weight is 269 g/mol. The third-order valence-corrected chi connectivity index (χ3v) is 3.51. The maximum Gasteiger partial charge on any atom is 0.0953 e. The highest BCUT2D eigenvalue weighted by atomic mass is 79.9. The molecule has 0 atom stereocenters. The second kappa shape index (κ2) is 4.52. The molecule has 1 aliphatic carbocycles. The molecule has 1 aromatic heterocycles. The van der Waals surface area contributed by atoms with Gasteiger partial charge in [-0.2, -0.15) is 0 Å². The molecule has 0 radical (unpaired) electrons. The lowest BCUT2D eigenvalue weighted by molar-refractivity contribution is 0.729. The van der Waals surface area contributed by atoms with E-state index in [1.54, 1.807) is 0 Å². The maximum absolute atomic E-state index is 4.23. The van der Waals surface area contributed by atoms with Gasteiger partial charge in [-0.15, -0.1) is 0 Å². The van der Waals surface area contributed by atoms with Crippen molar-refractivity contribution in [3.8, 4) is 0 Å². The van der Waals surface area contributed by atoms with Crippen LogP contribution in [0.3, 0.4) is 0 Å². The van der Waals surface area contributed by atoms with Gasteiger partial charge in [0.05, 0.1) is 18.2 Å². The molecule has 0 saturated heterocycles. The van der Waals surface area contributed by atoms with Crippen molar-refractivity contribution in [3.05, 3.63) is 23.8 Å². The monoisotopic (exact) mass is 268 g/mol. The molecule has 0 amide bonds. The predicted octanol–water partition coefficient (Wildman–Crippen LogP) is 3.65. The number of alkyl halides is 1. The summed E-state index contributed by atoms with van der Waals surface area (Å²) in [6.07, 6.45) is 8.80. The highest BCUT2D eigenvalue weighted by Gasteiger charge is 2.24. The minimum absolute atomic E-state index is 0.590. The normalized spacial score (nSPS) is 17.5. The molecular formula is C12H17BrN2. The Kier molecular flexibility index (Phi) is 3.29. The number of halogens is 1. The molecule has 3 heteroatoms. The van der Waals surface area contributed by atoms with Crippen LogP contribution in [0.15, 0.2) is 18.1 Å². The van der Waals surface area contributed by atoms with Crippen molar-refractivity contribution in [2.75, 3.05) is 5.33 Å². The summed E-state index contributed by atoms with van der Waals surface area (Å²) < 4.78 is 2.30. The summed E-state index contributed by atoms with van der Waals surface area (Å²) in [6.45, 7) is 4.45. The Morgan fingerprint density at radius 2 is 2.40 bits per heavy atom. The summed E-state index contributed by atoms with van der Waals surface area (Å²) in [4.78, 5) is 4.23. The van der Waals surface area contributed by atoms with Gasteiger partial charge in [0.15, 0.2) is 0 Å². The van der Waals surface area contributed by atoms with Crippen molar-refractivity contribution in [1.29, 1.82) is 0 Å². The third-order valence-electron chi connectivity index (χ3n) is 2.87. The molecule has 1 aromatic rings. The molecule has 15 heavy (non-hydrogen) atoms. The first-order valence-electron chi connectivity index (χ1n) is 5.50. The van der Waals surface area contributed by atoms with Crippen LogP contribution in [0.1, 0.15) is 38.4 Å². The van der Waals surface area contributed by atoms with Crippen LogP contribution in [-0.4, -0.2) is 14.9 Å². The SMILES string of the molecule is CC(C)C(=Cc1cncn1C1CC1)CBr. The molecule has 0 bridgehead atoms. The summed E-state index contributed by atoms with van der Waals surface area (Å²) >= 11 is 3.54. The van der Waals surface area contributed by atoms with Crippen LogP contribution in [0.25, 0.3) is 6.08 Å². The van der Waals surface area contributed by atoms with Gasteiger partial charge >= 0.3 is 0 Å². The molecule has 1 aliphatic rings. The lowest BCUT2D eigenvalue weighted by Gasteiger charge is -2.09. The lowest BCUT2D eigenvalue weighted by Crippen LogP contribution is -1.99. The first-order chi connectivity index (χ1) is 7.22. The quantitative estimate of drug-likeness (QED) is 0.763. The largest absolute Gasteiger partial charge is 0.328 e. The fourth-order valence-corrected chi connectivity index (χ4v) is 2.44. The molecule has 0 N–H and O–H groups in total. The number of imidazole rings is 1. The summed E-state index contributed by atoms with van der Waals surface area (Å²) in [5, 5.41) is 0.945. The summed E-state index contributed by atoms with van der Waals surface area (Å²) in [5.74, 6) is 0.590. The molecule has 0 aromatic carbocycles. The Labute approximate surface area is 99.5 Å². The predicted molar refractivity (Wildman–Crippen MR) is 67.1 cm³/mol. The van der Waals surface area contributed by atoms with Crippen molar-refractivity contribution >= 4 is 22.0 Å². The van der Waals surface area contributed by atoms with Crippen LogP contribution in [0.5, 0.6) is 0 Å². The van der Waals surface area contributed by atoms with E-state index in [2.05, 4.69) is 45.4 Å². The number of rotatable bonds is 4. The Morgan fingerprint density at radius 1 is 1.67 bits per heavy atom. The molecule has 0 unspecified atom stereocenters. The maximum atomic E-state index is 4.23. The fourth-order valence-electron chi connectivity index (χ4n) is 1.63. The topological polar surface area (TPSA) is 17.8 Å². The van der Waals surface area contributed by atoms with Crippen LogP contribution in [0.4, 0.5) is 0 Å². The van der Waals surface area contributed by atoms with E-state index in [9.17, 15) is 0 Å². The second-order valence-electron chi connectivity index (χ2n) is 4.46. The van der Waals surface area contributed by atoms with E-state index in [1.807, 2.05) is 12.5 Å². The van der Waals surface area contributed by atoms with Gasteiger partial charge < -0.3 is 4.57 Å². The Morgan fingerprint density at radius 3 is 2.93 bits per heavy atom. The van der Waals surface area contributed by atoms with E-state index in [1.165, 1.54) is 24.1 Å². The van der Waals surface area contributed by atoms with Gasteiger partial charge in [0.2, 0.25) is 0 Å². The Hall–Kier alpha value is -0.570. The van der Waals surface area contributed by atoms with Crippen LogP contribution in [0.2, 0.25) is 0 Å². The Bertz CT molecular complexity index is 361. The van der Waals surface area contributed by atoms with Gasteiger partial charge in [-0.3, -0.25) is 0 Å². The molecule has 82 valence electrons. The van der Waals surface area contributed by atoms with Crippen molar-refractivity contribution < 1.29 is 0 Å². The number of hydrogen-bond acceptors (Lipinski definition) is 1. The zero-order chi connectivity index (χ0) is 10.8. The van der Waals surface area contributed by atoms with Gasteiger partial charge in [-0.05, 0) is 24.8 Å². The zero-order valence-corrected chi connectivity index (χ0v) is 10.9. The summed E-state index contributed by atoms with van der Waals surface area (Å²) in [6, 6.07) is 0.711. The molecule has 1 saturated carbocycles. The Balaban J connectivity index is 2.24. The third kappa shape index (κ3) is 2.51. The standard InChI is InChI=1S/C12H17BrN2/c1-9(2)10(6-13)5-12-7-14-8-15(12)11-3-4-11/h5,7-9,11H,3-4,6H2,1-2H3. The first kappa shape index (κ1) is 10.9. The van der Waals surface area contributed by atoms with Crippen molar-refractivity contribution in [2.45, 2.75) is 32.7 Å². The number of hydrogen-bond donors (Lipinski definition) is 0. The van der Waals surface area contributed by atoms with E-state index in [-0.39, 0.29) is 0 Å². The van der Waals surface area contributed by atoms with Crippen LogP contribution < -0.4 is 0 Å². The van der Waals surface area contributed by atoms with Crippen LogP contribution in [-0.2, 0) is 0 Å². The van der Waals surface area contributed by atoms with Crippen LogP contribution >= 0.6 is 15.9 Å². The van der Waals surface area contributed by atoms with E-state index >= 15 is 0 Å². The van der Waals surface area contributed by atoms with E-state index < -0.39 is 0 Å². The molecule has 0 spiro atoms. The molecule has 2 nitrogen and oxygen atoms in total. The molecule has 1 heterocycles. The van der Waals surface area contributed by atoms with Gasteiger partial charge in [0, 0.05) is 11.4 Å². The molecule has 1 fully saturated rings. The highest BCUT2D eigenvalue weighted by Crippen LogP contribution is 2.36. The van der Waals surface area contributed by atoms with Crippen molar-refractivity contribution in [3.63, 3.8) is 0 Å². The smallest absolute Gasteiger partial charge is 0.0953 e. The van der Waals surface area contributed by atoms with Crippen molar-refractivity contribution in [1.82, 2.24) is 9.55 Å². The highest BCUT2D eigenvalue weighted by molar-refractivity contribution is 9.09. The lowest BCUT2D eigenvalue weighted by atomic mass is 10.0. The van der Waals surface area contributed by atoms with E-state index in [0.717, 1.165) is 5.33 Å². The number of nitrogens with zero attached hydrogens (tertiary/aromatic N) is 2. The first-order valence-corrected chi connectivity index (χ1v) is 6.62.